The van der Waals surface area contributed by atoms with E-state index >= 15 is 0 Å². The Labute approximate surface area is 201 Å². The summed E-state index contributed by atoms with van der Waals surface area (Å²) in [4.78, 5) is 18.2. The van der Waals surface area contributed by atoms with Crippen LogP contribution in [0.25, 0.3) is 16.6 Å². The maximum atomic E-state index is 6.39. The number of ether oxygens (including phenoxy) is 1. The molecule has 0 spiro atoms. The van der Waals surface area contributed by atoms with Gasteiger partial charge >= 0.3 is 0 Å². The second kappa shape index (κ2) is 8.59. The molecule has 8 nitrogen and oxygen atoms in total. The summed E-state index contributed by atoms with van der Waals surface area (Å²) in [5.41, 5.74) is 2.60. The average molecular weight is 484 g/mol. The van der Waals surface area contributed by atoms with E-state index in [-0.39, 0.29) is 6.04 Å². The molecule has 2 aliphatic rings. The Morgan fingerprint density at radius 3 is 2.73 bits per heavy atom. The van der Waals surface area contributed by atoms with Crippen molar-refractivity contribution in [1.82, 2.24) is 24.6 Å². The Morgan fingerprint density at radius 2 is 1.85 bits per heavy atom. The van der Waals surface area contributed by atoms with Gasteiger partial charge in [-0.25, -0.2) is 15.0 Å². The normalized spacial score (nSPS) is 19.5. The van der Waals surface area contributed by atoms with Crippen LogP contribution in [-0.2, 0) is 4.74 Å². The van der Waals surface area contributed by atoms with Gasteiger partial charge in [0.15, 0.2) is 5.65 Å². The lowest BCUT2D eigenvalue weighted by molar-refractivity contribution is 0.122. The summed E-state index contributed by atoms with van der Waals surface area (Å²) in [6.07, 6.45) is 4.83. The van der Waals surface area contributed by atoms with Gasteiger partial charge in [-0.05, 0) is 37.5 Å². The highest BCUT2D eigenvalue weighted by atomic mass is 35.5. The summed E-state index contributed by atoms with van der Waals surface area (Å²) in [5, 5.41) is 7.12. The Hall–Kier alpha value is -2.68. The average Bonchev–Trinajstić information content (AvgIpc) is 3.27. The van der Waals surface area contributed by atoms with Gasteiger partial charge in [0.1, 0.15) is 23.1 Å². The quantitative estimate of drug-likeness (QED) is 0.395. The molecule has 0 saturated carbocycles. The fourth-order valence-corrected chi connectivity index (χ4v) is 5.22. The molecule has 0 amide bonds. The van der Waals surface area contributed by atoms with Gasteiger partial charge < -0.3 is 14.5 Å². The maximum Gasteiger partial charge on any atom is 0.159 e. The highest BCUT2D eigenvalue weighted by Crippen LogP contribution is 2.37. The monoisotopic (exact) mass is 483 g/mol. The molecule has 1 atom stereocenters. The fourth-order valence-electron chi connectivity index (χ4n) is 4.86. The van der Waals surface area contributed by atoms with E-state index in [2.05, 4.69) is 30.8 Å². The zero-order valence-corrected chi connectivity index (χ0v) is 19.5. The first-order valence-electron chi connectivity index (χ1n) is 11.2. The molecule has 5 heterocycles. The number of nitrogens with zero attached hydrogens (tertiary/aromatic N) is 7. The van der Waals surface area contributed by atoms with Gasteiger partial charge in [0, 0.05) is 42.2 Å². The van der Waals surface area contributed by atoms with Crippen LogP contribution in [0.4, 0.5) is 11.6 Å². The summed E-state index contributed by atoms with van der Waals surface area (Å²) < 4.78 is 7.43. The minimum Gasteiger partial charge on any atom is -0.378 e. The lowest BCUT2D eigenvalue weighted by Gasteiger charge is -2.36. The van der Waals surface area contributed by atoms with E-state index in [9.17, 15) is 0 Å². The van der Waals surface area contributed by atoms with Crippen LogP contribution in [0.15, 0.2) is 36.7 Å². The van der Waals surface area contributed by atoms with Crippen LogP contribution >= 0.6 is 23.2 Å². The third kappa shape index (κ3) is 3.86. The summed E-state index contributed by atoms with van der Waals surface area (Å²) in [5.74, 6) is 1.84. The number of rotatable bonds is 3. The number of fused-ring (bicyclic) bond motifs is 2. The van der Waals surface area contributed by atoms with E-state index in [4.69, 9.17) is 33.0 Å². The summed E-state index contributed by atoms with van der Waals surface area (Å²) in [6, 6.07) is 9.75. The van der Waals surface area contributed by atoms with E-state index in [1.807, 2.05) is 28.8 Å². The number of hydrogen-bond donors (Lipinski definition) is 0. The largest absolute Gasteiger partial charge is 0.378 e. The molecule has 4 aromatic rings. The molecule has 6 rings (SSSR count). The summed E-state index contributed by atoms with van der Waals surface area (Å²) in [7, 11) is 0. The van der Waals surface area contributed by atoms with Gasteiger partial charge in [-0.1, -0.05) is 23.2 Å². The smallest absolute Gasteiger partial charge is 0.159 e. The van der Waals surface area contributed by atoms with Gasteiger partial charge in [-0.15, -0.1) is 0 Å². The van der Waals surface area contributed by atoms with Gasteiger partial charge in [0.25, 0.3) is 0 Å². The van der Waals surface area contributed by atoms with Crippen molar-refractivity contribution >= 4 is 51.4 Å². The van der Waals surface area contributed by atoms with E-state index in [0.717, 1.165) is 72.8 Å². The third-order valence-corrected chi connectivity index (χ3v) is 6.85. The number of morpholine rings is 1. The van der Waals surface area contributed by atoms with Crippen molar-refractivity contribution in [2.75, 3.05) is 42.6 Å². The fraction of sp³-hybridized carbons (Fsp3) is 0.391. The van der Waals surface area contributed by atoms with Crippen LogP contribution in [0.5, 0.6) is 0 Å². The van der Waals surface area contributed by atoms with Crippen LogP contribution in [0.1, 0.15) is 31.0 Å². The Morgan fingerprint density at radius 1 is 0.970 bits per heavy atom. The Kier molecular flexibility index (Phi) is 5.44. The zero-order valence-electron chi connectivity index (χ0n) is 18.0. The first kappa shape index (κ1) is 20.9. The molecule has 2 aliphatic heterocycles. The van der Waals surface area contributed by atoms with E-state index in [0.29, 0.717) is 23.4 Å². The molecule has 0 bridgehead atoms. The molecular formula is C23H23Cl2N7O. The second-order valence-electron chi connectivity index (χ2n) is 8.44. The van der Waals surface area contributed by atoms with Crippen LogP contribution in [0.2, 0.25) is 10.2 Å². The predicted molar refractivity (Wildman–Crippen MR) is 130 cm³/mol. The van der Waals surface area contributed by atoms with Crippen molar-refractivity contribution in [3.63, 3.8) is 0 Å². The topological polar surface area (TPSA) is 71.7 Å². The lowest BCUT2D eigenvalue weighted by Crippen LogP contribution is -2.37. The predicted octanol–water partition coefficient (Wildman–Crippen LogP) is 4.55. The van der Waals surface area contributed by atoms with Crippen LogP contribution < -0.4 is 9.80 Å². The van der Waals surface area contributed by atoms with Crippen molar-refractivity contribution in [3.8, 4) is 0 Å². The highest BCUT2D eigenvalue weighted by molar-refractivity contribution is 6.31. The minimum absolute atomic E-state index is 0.0776. The molecule has 33 heavy (non-hydrogen) atoms. The van der Waals surface area contributed by atoms with Crippen LogP contribution in [0, 0.1) is 0 Å². The number of aromatic nitrogens is 5. The van der Waals surface area contributed by atoms with Crippen LogP contribution in [-0.4, -0.2) is 57.4 Å². The molecule has 2 saturated heterocycles. The highest BCUT2D eigenvalue weighted by Gasteiger charge is 2.29. The maximum absolute atomic E-state index is 6.39. The number of piperidine rings is 1. The summed E-state index contributed by atoms with van der Waals surface area (Å²) >= 11 is 12.7. The van der Waals surface area contributed by atoms with Gasteiger partial charge in [0.05, 0.1) is 30.5 Å². The third-order valence-electron chi connectivity index (χ3n) is 6.42. The molecule has 2 fully saturated rings. The molecule has 0 radical (unpaired) electrons. The molecule has 0 aliphatic carbocycles. The molecule has 10 heteroatoms. The van der Waals surface area contributed by atoms with E-state index < -0.39 is 0 Å². The lowest BCUT2D eigenvalue weighted by atomic mass is 9.99. The van der Waals surface area contributed by atoms with E-state index in [1.165, 1.54) is 0 Å². The molecule has 0 N–H and O–H groups in total. The zero-order chi connectivity index (χ0) is 22.4. The standard InChI is InChI=1S/C23H23Cl2N7O/c24-15-4-5-17-16(11-15)23(27-14-26-17)31-6-2-1-3-19(31)18-12-21-28-20(25)13-22(32(21)29-18)30-7-9-33-10-8-30/h4-5,11-14,19H,1-3,6-10H2. The molecule has 1 unspecified atom stereocenters. The van der Waals surface area contributed by atoms with Gasteiger partial charge in [-0.2, -0.15) is 9.61 Å². The van der Waals surface area contributed by atoms with Gasteiger partial charge in [-0.3, -0.25) is 0 Å². The van der Waals surface area contributed by atoms with Crippen molar-refractivity contribution in [2.24, 2.45) is 0 Å². The molecule has 1 aromatic carbocycles. The van der Waals surface area contributed by atoms with Crippen molar-refractivity contribution in [1.29, 1.82) is 0 Å². The van der Waals surface area contributed by atoms with Gasteiger partial charge in [0.2, 0.25) is 0 Å². The first-order valence-corrected chi connectivity index (χ1v) is 12.0. The number of halogens is 2. The summed E-state index contributed by atoms with van der Waals surface area (Å²) in [6.45, 7) is 3.87. The number of hydrogen-bond acceptors (Lipinski definition) is 7. The van der Waals surface area contributed by atoms with Crippen LogP contribution in [0.3, 0.4) is 0 Å². The molecular weight excluding hydrogens is 461 g/mol. The number of anilines is 2. The molecule has 170 valence electrons. The number of benzene rings is 1. The van der Waals surface area contributed by atoms with Crippen molar-refractivity contribution in [3.05, 3.63) is 52.5 Å². The Bertz CT molecular complexity index is 1320. The van der Waals surface area contributed by atoms with Crippen molar-refractivity contribution in [2.45, 2.75) is 25.3 Å². The van der Waals surface area contributed by atoms with Crippen molar-refractivity contribution < 1.29 is 4.74 Å². The van der Waals surface area contributed by atoms with E-state index in [1.54, 1.807) is 6.33 Å². The molecule has 3 aromatic heterocycles. The Balaban J connectivity index is 1.44. The second-order valence-corrected chi connectivity index (χ2v) is 9.26. The minimum atomic E-state index is 0.0776. The first-order chi connectivity index (χ1) is 16.2. The SMILES string of the molecule is Clc1ccc2ncnc(N3CCCCC3c3cc4nc(Cl)cc(N5CCOCC5)n4n3)c2c1.